The molecular weight excluding hydrogens is 392 g/mol. The number of rotatable bonds is 9. The molecule has 2 rings (SSSR count). The van der Waals surface area contributed by atoms with Gasteiger partial charge >= 0.3 is 12.6 Å². The zero-order valence-corrected chi connectivity index (χ0v) is 15.9. The molecule has 156 valence electrons. The molecule has 0 radical (unpaired) electrons. The van der Waals surface area contributed by atoms with Crippen molar-refractivity contribution in [2.45, 2.75) is 6.61 Å². The summed E-state index contributed by atoms with van der Waals surface area (Å²) in [6.07, 6.45) is 0. The van der Waals surface area contributed by atoms with E-state index in [9.17, 15) is 18.4 Å². The van der Waals surface area contributed by atoms with E-state index in [-0.39, 0.29) is 28.5 Å². The Bertz CT molecular complexity index is 848. The number of para-hydroxylation sites is 2. The van der Waals surface area contributed by atoms with Gasteiger partial charge < -0.3 is 29.0 Å². The summed E-state index contributed by atoms with van der Waals surface area (Å²) in [5.41, 5.74) is 0.0790. The molecule has 1 amide bonds. The Morgan fingerprint density at radius 2 is 1.59 bits per heavy atom. The first-order chi connectivity index (χ1) is 13.9. The molecule has 0 spiro atoms. The molecule has 2 aromatic carbocycles. The van der Waals surface area contributed by atoms with Gasteiger partial charge in [0.05, 0.1) is 32.6 Å². The number of halogens is 2. The number of ether oxygens (including phenoxy) is 5. The molecule has 0 aromatic heterocycles. The molecule has 0 aliphatic rings. The Balaban J connectivity index is 2.05. The second-order valence-electron chi connectivity index (χ2n) is 5.41. The fraction of sp³-hybridized carbons (Fsp3) is 0.263. The molecule has 0 aliphatic carbocycles. The maximum atomic E-state index is 12.4. The van der Waals surface area contributed by atoms with E-state index < -0.39 is 25.1 Å². The fourth-order valence-corrected chi connectivity index (χ4v) is 2.37. The molecule has 0 saturated heterocycles. The molecule has 10 heteroatoms. The quantitative estimate of drug-likeness (QED) is 0.634. The summed E-state index contributed by atoms with van der Waals surface area (Å²) in [7, 11) is 4.19. The second kappa shape index (κ2) is 10.1. The van der Waals surface area contributed by atoms with E-state index in [1.807, 2.05) is 0 Å². The Kier molecular flexibility index (Phi) is 7.58. The Labute approximate surface area is 165 Å². The number of alkyl halides is 2. The molecule has 0 heterocycles. The number of esters is 1. The van der Waals surface area contributed by atoms with Crippen molar-refractivity contribution in [1.29, 1.82) is 0 Å². The minimum Gasteiger partial charge on any atom is -0.493 e. The lowest BCUT2D eigenvalue weighted by Gasteiger charge is -2.14. The summed E-state index contributed by atoms with van der Waals surface area (Å²) in [5, 5.41) is 2.34. The van der Waals surface area contributed by atoms with E-state index >= 15 is 0 Å². The molecule has 0 saturated carbocycles. The summed E-state index contributed by atoms with van der Waals surface area (Å²) >= 11 is 0. The molecule has 29 heavy (non-hydrogen) atoms. The smallest absolute Gasteiger partial charge is 0.387 e. The van der Waals surface area contributed by atoms with E-state index in [2.05, 4.69) is 10.1 Å². The van der Waals surface area contributed by atoms with Crippen LogP contribution < -0.4 is 24.3 Å². The van der Waals surface area contributed by atoms with Gasteiger partial charge in [-0.15, -0.1) is 0 Å². The number of methoxy groups -OCH3 is 3. The first-order valence-electron chi connectivity index (χ1n) is 8.20. The van der Waals surface area contributed by atoms with Crippen LogP contribution in [0.25, 0.3) is 0 Å². The zero-order valence-electron chi connectivity index (χ0n) is 15.9. The highest BCUT2D eigenvalue weighted by Gasteiger charge is 2.19. The molecular formula is C19H19F2NO7. The van der Waals surface area contributed by atoms with Gasteiger partial charge in [0.15, 0.2) is 18.1 Å². The largest absolute Gasteiger partial charge is 0.493 e. The Morgan fingerprint density at radius 3 is 2.14 bits per heavy atom. The van der Waals surface area contributed by atoms with Crippen LogP contribution in [0.15, 0.2) is 36.4 Å². The summed E-state index contributed by atoms with van der Waals surface area (Å²) in [6.45, 7) is -3.70. The Morgan fingerprint density at radius 1 is 0.966 bits per heavy atom. The maximum Gasteiger partial charge on any atom is 0.387 e. The minimum absolute atomic E-state index is 0.0154. The number of carbonyl (C=O) groups excluding carboxylic acids is 2. The lowest BCUT2D eigenvalue weighted by molar-refractivity contribution is -0.119. The molecule has 0 atom stereocenters. The van der Waals surface area contributed by atoms with Crippen molar-refractivity contribution in [3.8, 4) is 23.0 Å². The SMILES string of the molecule is COc1cc(C(=O)OCC(=O)Nc2ccccc2OC(F)F)cc(OC)c1OC. The standard InChI is InChI=1S/C19H19F2NO7/c1-25-14-8-11(9-15(26-2)17(14)27-3)18(24)28-10-16(23)22-12-6-4-5-7-13(12)29-19(20)21/h4-9,19H,10H2,1-3H3,(H,22,23). The fourth-order valence-electron chi connectivity index (χ4n) is 2.37. The van der Waals surface area contributed by atoms with Gasteiger partial charge in [0.1, 0.15) is 5.75 Å². The van der Waals surface area contributed by atoms with Crippen LogP contribution in [0.5, 0.6) is 23.0 Å². The van der Waals surface area contributed by atoms with Crippen LogP contribution in [0.2, 0.25) is 0 Å². The third-order valence-corrected chi connectivity index (χ3v) is 3.61. The highest BCUT2D eigenvalue weighted by Crippen LogP contribution is 2.38. The first kappa shape index (κ1) is 21.7. The molecule has 0 unspecified atom stereocenters. The van der Waals surface area contributed by atoms with Crippen LogP contribution >= 0.6 is 0 Å². The van der Waals surface area contributed by atoms with Gasteiger partial charge in [-0.25, -0.2) is 4.79 Å². The highest BCUT2D eigenvalue weighted by molar-refractivity contribution is 5.96. The van der Waals surface area contributed by atoms with Crippen molar-refractivity contribution in [1.82, 2.24) is 0 Å². The third-order valence-electron chi connectivity index (χ3n) is 3.61. The summed E-state index contributed by atoms with van der Waals surface area (Å²) in [4.78, 5) is 24.3. The minimum atomic E-state index is -3.05. The number of benzene rings is 2. The van der Waals surface area contributed by atoms with Gasteiger partial charge in [0.2, 0.25) is 5.75 Å². The summed E-state index contributed by atoms with van der Waals surface area (Å²) < 4.78 is 49.6. The van der Waals surface area contributed by atoms with Gasteiger partial charge in [0.25, 0.3) is 5.91 Å². The number of anilines is 1. The maximum absolute atomic E-state index is 12.4. The summed E-state index contributed by atoms with van der Waals surface area (Å²) in [6, 6.07) is 8.37. The van der Waals surface area contributed by atoms with E-state index in [0.717, 1.165) is 0 Å². The lowest BCUT2D eigenvalue weighted by Crippen LogP contribution is -2.21. The van der Waals surface area contributed by atoms with Gasteiger partial charge in [-0.3, -0.25) is 4.79 Å². The second-order valence-corrected chi connectivity index (χ2v) is 5.41. The van der Waals surface area contributed by atoms with E-state index in [1.54, 1.807) is 0 Å². The van der Waals surface area contributed by atoms with Crippen LogP contribution in [-0.4, -0.2) is 46.4 Å². The highest BCUT2D eigenvalue weighted by atomic mass is 19.3. The molecule has 0 aliphatic heterocycles. The number of hydrogen-bond donors (Lipinski definition) is 1. The molecule has 1 N–H and O–H groups in total. The average Bonchev–Trinajstić information content (AvgIpc) is 2.71. The summed E-state index contributed by atoms with van der Waals surface area (Å²) in [5.74, 6) is -1.01. The van der Waals surface area contributed by atoms with Crippen molar-refractivity contribution in [2.24, 2.45) is 0 Å². The van der Waals surface area contributed by atoms with Gasteiger partial charge in [0, 0.05) is 0 Å². The van der Waals surface area contributed by atoms with Crippen molar-refractivity contribution >= 4 is 17.6 Å². The molecule has 0 fully saturated rings. The van der Waals surface area contributed by atoms with E-state index in [1.165, 1.54) is 57.7 Å². The van der Waals surface area contributed by atoms with Crippen LogP contribution in [-0.2, 0) is 9.53 Å². The molecule has 2 aromatic rings. The van der Waals surface area contributed by atoms with Crippen molar-refractivity contribution < 1.29 is 42.1 Å². The van der Waals surface area contributed by atoms with Crippen LogP contribution in [0.3, 0.4) is 0 Å². The number of amides is 1. The topological polar surface area (TPSA) is 92.3 Å². The monoisotopic (exact) mass is 411 g/mol. The molecule has 0 bridgehead atoms. The van der Waals surface area contributed by atoms with Crippen molar-refractivity contribution in [2.75, 3.05) is 33.3 Å². The zero-order chi connectivity index (χ0) is 21.4. The number of nitrogens with one attached hydrogen (secondary N) is 1. The van der Waals surface area contributed by atoms with Crippen molar-refractivity contribution in [3.05, 3.63) is 42.0 Å². The van der Waals surface area contributed by atoms with Crippen molar-refractivity contribution in [3.63, 3.8) is 0 Å². The average molecular weight is 411 g/mol. The predicted octanol–water partition coefficient (Wildman–Crippen LogP) is 3.11. The van der Waals surface area contributed by atoms with Crippen LogP contribution in [0, 0.1) is 0 Å². The lowest BCUT2D eigenvalue weighted by atomic mass is 10.2. The third kappa shape index (κ3) is 5.71. The first-order valence-corrected chi connectivity index (χ1v) is 8.20. The van der Waals surface area contributed by atoms with Gasteiger partial charge in [-0.1, -0.05) is 12.1 Å². The molecule has 8 nitrogen and oxygen atoms in total. The van der Waals surface area contributed by atoms with Crippen LogP contribution in [0.4, 0.5) is 14.5 Å². The number of carbonyl (C=O) groups is 2. The van der Waals surface area contributed by atoms with E-state index in [0.29, 0.717) is 5.75 Å². The van der Waals surface area contributed by atoms with Gasteiger partial charge in [-0.2, -0.15) is 8.78 Å². The Hall–Kier alpha value is -3.56. The number of hydrogen-bond acceptors (Lipinski definition) is 7. The van der Waals surface area contributed by atoms with Gasteiger partial charge in [-0.05, 0) is 24.3 Å². The van der Waals surface area contributed by atoms with E-state index in [4.69, 9.17) is 18.9 Å². The predicted molar refractivity (Wildman–Crippen MR) is 98.1 cm³/mol. The van der Waals surface area contributed by atoms with Crippen LogP contribution in [0.1, 0.15) is 10.4 Å². The normalized spacial score (nSPS) is 10.3.